The van der Waals surface area contributed by atoms with Gasteiger partial charge in [0.05, 0.1) is 12.0 Å². The van der Waals surface area contributed by atoms with Gasteiger partial charge in [0.2, 0.25) is 0 Å². The van der Waals surface area contributed by atoms with Crippen molar-refractivity contribution in [2.75, 3.05) is 7.11 Å². The molecule has 0 aromatic heterocycles. The standard InChI is InChI=1S/C14H12BrNO4S/c1-8(13(18)20-2)16-12(17)11(21-14(16)19)7-9-4-3-5-10(15)6-9/h3-8H,1-2H3/b11-7+/t8-/m0/s1. The zero-order valence-corrected chi connectivity index (χ0v) is 13.7. The SMILES string of the molecule is COC(=O)[C@H](C)N1C(=O)S/C(=C/c2cccc(Br)c2)C1=O. The van der Waals surface area contributed by atoms with Crippen molar-refractivity contribution in [1.29, 1.82) is 0 Å². The molecule has 0 N–H and O–H groups in total. The number of esters is 1. The van der Waals surface area contributed by atoms with Gasteiger partial charge in [0.25, 0.3) is 11.1 Å². The van der Waals surface area contributed by atoms with E-state index in [2.05, 4.69) is 20.7 Å². The Hall–Kier alpha value is -1.60. The van der Waals surface area contributed by atoms with Crippen molar-refractivity contribution in [3.8, 4) is 0 Å². The number of amides is 2. The molecule has 1 fully saturated rings. The fourth-order valence-corrected chi connectivity index (χ4v) is 3.16. The molecule has 0 saturated carbocycles. The van der Waals surface area contributed by atoms with Crippen molar-refractivity contribution in [2.24, 2.45) is 0 Å². The van der Waals surface area contributed by atoms with Gasteiger partial charge < -0.3 is 4.74 Å². The Morgan fingerprint density at radius 3 is 2.76 bits per heavy atom. The Morgan fingerprint density at radius 1 is 1.43 bits per heavy atom. The van der Waals surface area contributed by atoms with Crippen molar-refractivity contribution in [3.63, 3.8) is 0 Å². The van der Waals surface area contributed by atoms with Crippen LogP contribution in [0.4, 0.5) is 4.79 Å². The maximum absolute atomic E-state index is 12.3. The number of halogens is 1. The first kappa shape index (κ1) is 15.8. The average Bonchev–Trinajstić information content (AvgIpc) is 2.72. The number of carbonyl (C=O) groups excluding carboxylic acids is 3. The molecule has 1 heterocycles. The number of hydrogen-bond donors (Lipinski definition) is 0. The van der Waals surface area contributed by atoms with Crippen molar-refractivity contribution >= 4 is 50.9 Å². The molecule has 21 heavy (non-hydrogen) atoms. The molecule has 5 nitrogen and oxygen atoms in total. The van der Waals surface area contributed by atoms with Crippen LogP contribution in [0.5, 0.6) is 0 Å². The van der Waals surface area contributed by atoms with Gasteiger partial charge in [0.1, 0.15) is 6.04 Å². The van der Waals surface area contributed by atoms with E-state index in [1.807, 2.05) is 24.3 Å². The van der Waals surface area contributed by atoms with Gasteiger partial charge in [-0.2, -0.15) is 0 Å². The lowest BCUT2D eigenvalue weighted by molar-refractivity contribution is -0.148. The minimum atomic E-state index is -0.934. The highest BCUT2D eigenvalue weighted by molar-refractivity contribution is 9.10. The van der Waals surface area contributed by atoms with Gasteiger partial charge in [-0.1, -0.05) is 28.1 Å². The molecular formula is C14H12BrNO4S. The second kappa shape index (κ2) is 6.44. The topological polar surface area (TPSA) is 63.7 Å². The van der Waals surface area contributed by atoms with Gasteiger partial charge in [-0.3, -0.25) is 14.5 Å². The highest BCUT2D eigenvalue weighted by Crippen LogP contribution is 2.34. The molecule has 1 aromatic rings. The van der Waals surface area contributed by atoms with E-state index in [0.29, 0.717) is 0 Å². The molecule has 0 spiro atoms. The average molecular weight is 370 g/mol. The van der Waals surface area contributed by atoms with E-state index in [0.717, 1.165) is 26.7 Å². The number of carbonyl (C=O) groups is 3. The fourth-order valence-electron chi connectivity index (χ4n) is 1.84. The van der Waals surface area contributed by atoms with E-state index < -0.39 is 23.2 Å². The summed E-state index contributed by atoms with van der Waals surface area (Å²) < 4.78 is 5.44. The van der Waals surface area contributed by atoms with Crippen LogP contribution in [0, 0.1) is 0 Å². The van der Waals surface area contributed by atoms with Crippen LogP contribution in [0.3, 0.4) is 0 Å². The van der Waals surface area contributed by atoms with Crippen molar-refractivity contribution < 1.29 is 19.1 Å². The number of nitrogens with zero attached hydrogens (tertiary/aromatic N) is 1. The summed E-state index contributed by atoms with van der Waals surface area (Å²) in [5.74, 6) is -1.11. The summed E-state index contributed by atoms with van der Waals surface area (Å²) in [6, 6.07) is 6.41. The number of benzene rings is 1. The highest BCUT2D eigenvalue weighted by Gasteiger charge is 2.41. The largest absolute Gasteiger partial charge is 0.467 e. The van der Waals surface area contributed by atoms with Gasteiger partial charge >= 0.3 is 5.97 Å². The molecule has 0 unspecified atom stereocenters. The lowest BCUT2D eigenvalue weighted by Gasteiger charge is -2.18. The molecule has 1 saturated heterocycles. The van der Waals surface area contributed by atoms with Crippen molar-refractivity contribution in [1.82, 2.24) is 4.90 Å². The maximum atomic E-state index is 12.3. The van der Waals surface area contributed by atoms with Crippen molar-refractivity contribution in [3.05, 3.63) is 39.2 Å². The molecule has 7 heteroatoms. The monoisotopic (exact) mass is 369 g/mol. The second-order valence-electron chi connectivity index (χ2n) is 4.31. The molecule has 0 bridgehead atoms. The van der Waals surface area contributed by atoms with Gasteiger partial charge in [-0.15, -0.1) is 0 Å². The Balaban J connectivity index is 2.28. The van der Waals surface area contributed by atoms with Crippen LogP contribution in [0.15, 0.2) is 33.6 Å². The maximum Gasteiger partial charge on any atom is 0.328 e. The lowest BCUT2D eigenvalue weighted by Crippen LogP contribution is -2.42. The van der Waals surface area contributed by atoms with Gasteiger partial charge in [0, 0.05) is 4.47 Å². The van der Waals surface area contributed by atoms with E-state index in [9.17, 15) is 14.4 Å². The van der Waals surface area contributed by atoms with Crippen LogP contribution in [-0.2, 0) is 14.3 Å². The highest BCUT2D eigenvalue weighted by atomic mass is 79.9. The number of imide groups is 1. The summed E-state index contributed by atoms with van der Waals surface area (Å²) in [6.07, 6.45) is 1.62. The normalized spacial score (nSPS) is 18.2. The first-order chi connectivity index (χ1) is 9.93. The second-order valence-corrected chi connectivity index (χ2v) is 6.21. The van der Waals surface area contributed by atoms with Gasteiger partial charge in [0.15, 0.2) is 0 Å². The number of rotatable bonds is 3. The Labute approximate surface area is 134 Å². The van der Waals surface area contributed by atoms with E-state index in [-0.39, 0.29) is 4.91 Å². The summed E-state index contributed by atoms with van der Waals surface area (Å²) in [4.78, 5) is 36.9. The quantitative estimate of drug-likeness (QED) is 0.605. The van der Waals surface area contributed by atoms with E-state index in [1.165, 1.54) is 14.0 Å². The molecule has 1 aliphatic heterocycles. The third kappa shape index (κ3) is 3.36. The molecular weight excluding hydrogens is 358 g/mol. The van der Waals surface area contributed by atoms with E-state index in [4.69, 9.17) is 0 Å². The molecule has 2 amide bonds. The number of methoxy groups -OCH3 is 1. The van der Waals surface area contributed by atoms with Gasteiger partial charge in [-0.25, -0.2) is 4.79 Å². The Morgan fingerprint density at radius 2 is 2.14 bits per heavy atom. The molecule has 0 aliphatic carbocycles. The minimum Gasteiger partial charge on any atom is -0.467 e. The van der Waals surface area contributed by atoms with Crippen LogP contribution in [-0.4, -0.2) is 35.2 Å². The summed E-state index contributed by atoms with van der Waals surface area (Å²) in [5, 5.41) is -0.473. The van der Waals surface area contributed by atoms with Crippen LogP contribution in [0.2, 0.25) is 0 Å². The smallest absolute Gasteiger partial charge is 0.328 e. The third-order valence-corrected chi connectivity index (χ3v) is 4.28. The molecule has 0 radical (unpaired) electrons. The first-order valence-corrected chi connectivity index (χ1v) is 7.65. The Bertz CT molecular complexity index is 644. The third-order valence-electron chi connectivity index (χ3n) is 2.90. The molecule has 1 aromatic carbocycles. The van der Waals surface area contributed by atoms with Gasteiger partial charge in [-0.05, 0) is 42.5 Å². The predicted molar refractivity (Wildman–Crippen MR) is 83.4 cm³/mol. The number of thioether (sulfide) groups is 1. The molecule has 1 aliphatic rings. The van der Waals surface area contributed by atoms with E-state index in [1.54, 1.807) is 6.08 Å². The molecule has 2 rings (SSSR count). The summed E-state index contributed by atoms with van der Waals surface area (Å²) in [6.45, 7) is 1.46. The number of hydrogen-bond acceptors (Lipinski definition) is 5. The van der Waals surface area contributed by atoms with Crippen LogP contribution in [0.25, 0.3) is 6.08 Å². The lowest BCUT2D eigenvalue weighted by atomic mass is 10.2. The number of ether oxygens (including phenoxy) is 1. The fraction of sp³-hybridized carbons (Fsp3) is 0.214. The molecule has 1 atom stereocenters. The van der Waals surface area contributed by atoms with E-state index >= 15 is 0 Å². The Kier molecular flexibility index (Phi) is 4.84. The first-order valence-electron chi connectivity index (χ1n) is 6.04. The predicted octanol–water partition coefficient (Wildman–Crippen LogP) is 3.05. The summed E-state index contributed by atoms with van der Waals surface area (Å²) in [7, 11) is 1.22. The van der Waals surface area contributed by atoms with Crippen LogP contribution in [0.1, 0.15) is 12.5 Å². The zero-order valence-electron chi connectivity index (χ0n) is 11.3. The van der Waals surface area contributed by atoms with Crippen molar-refractivity contribution in [2.45, 2.75) is 13.0 Å². The van der Waals surface area contributed by atoms with Crippen LogP contribution >= 0.6 is 27.7 Å². The minimum absolute atomic E-state index is 0.286. The summed E-state index contributed by atoms with van der Waals surface area (Å²) in [5.41, 5.74) is 0.792. The molecule has 110 valence electrons. The summed E-state index contributed by atoms with van der Waals surface area (Å²) >= 11 is 4.16. The van der Waals surface area contributed by atoms with Crippen LogP contribution < -0.4 is 0 Å². The zero-order chi connectivity index (χ0) is 15.6.